The lowest BCUT2D eigenvalue weighted by molar-refractivity contribution is -0.113. The van der Waals surface area contributed by atoms with Crippen LogP contribution in [0.1, 0.15) is 16.8 Å². The number of carbonyl (C=O) groups excluding carboxylic acids is 1. The predicted molar refractivity (Wildman–Crippen MR) is 120 cm³/mol. The Kier molecular flexibility index (Phi) is 5.48. The maximum atomic E-state index is 13.1. The van der Waals surface area contributed by atoms with Crippen molar-refractivity contribution in [2.24, 2.45) is 7.05 Å². The van der Waals surface area contributed by atoms with Crippen molar-refractivity contribution < 1.29 is 9.32 Å². The van der Waals surface area contributed by atoms with Crippen molar-refractivity contribution in [1.29, 1.82) is 0 Å². The third-order valence-electron chi connectivity index (χ3n) is 4.82. The minimum atomic E-state index is -0.257. The van der Waals surface area contributed by atoms with E-state index in [0.29, 0.717) is 27.0 Å². The van der Waals surface area contributed by atoms with Gasteiger partial charge in [-0.25, -0.2) is 4.98 Å². The zero-order chi connectivity index (χ0) is 21.4. The average Bonchev–Trinajstić information content (AvgIpc) is 3.31. The van der Waals surface area contributed by atoms with Gasteiger partial charge in [0, 0.05) is 24.1 Å². The monoisotopic (exact) mass is 440 g/mol. The minimum absolute atomic E-state index is 0.0981. The van der Waals surface area contributed by atoms with E-state index in [2.05, 4.69) is 41.4 Å². The van der Waals surface area contributed by atoms with Crippen LogP contribution in [0.2, 0.25) is 0 Å². The molecule has 1 amide bonds. The van der Waals surface area contributed by atoms with E-state index in [1.807, 2.05) is 11.4 Å². The van der Waals surface area contributed by atoms with Crippen LogP contribution in [0.25, 0.3) is 21.3 Å². The number of anilines is 1. The van der Waals surface area contributed by atoms with E-state index in [9.17, 15) is 9.59 Å². The second-order valence-electron chi connectivity index (χ2n) is 7.06. The number of thioether (sulfide) groups is 1. The Labute approximate surface area is 181 Å². The number of aromatic nitrogens is 3. The summed E-state index contributed by atoms with van der Waals surface area (Å²) in [6.07, 6.45) is 0. The summed E-state index contributed by atoms with van der Waals surface area (Å²) < 4.78 is 6.48. The predicted octanol–water partition coefficient (Wildman–Crippen LogP) is 4.31. The Morgan fingerprint density at radius 2 is 2.03 bits per heavy atom. The SMILES string of the molecule is Cc1cc(NC(=O)CSc2nc3scc(-c4ccc(C)c(C)c4)c3c(=O)n2C)on1. The fourth-order valence-electron chi connectivity index (χ4n) is 3.03. The molecule has 4 aromatic rings. The van der Waals surface area contributed by atoms with Gasteiger partial charge in [-0.2, -0.15) is 0 Å². The molecule has 0 fully saturated rings. The topological polar surface area (TPSA) is 90.0 Å². The van der Waals surface area contributed by atoms with Gasteiger partial charge in [-0.3, -0.25) is 19.5 Å². The molecule has 0 bridgehead atoms. The van der Waals surface area contributed by atoms with Crippen molar-refractivity contribution >= 4 is 45.1 Å². The molecule has 0 spiro atoms. The number of rotatable bonds is 5. The van der Waals surface area contributed by atoms with Crippen LogP contribution in [0.4, 0.5) is 5.88 Å². The van der Waals surface area contributed by atoms with Crippen molar-refractivity contribution in [3.63, 3.8) is 0 Å². The molecule has 0 saturated heterocycles. The number of nitrogens with one attached hydrogen (secondary N) is 1. The number of amides is 1. The van der Waals surface area contributed by atoms with Crippen molar-refractivity contribution in [2.75, 3.05) is 11.1 Å². The molecule has 0 aliphatic carbocycles. The van der Waals surface area contributed by atoms with Crippen LogP contribution in [0.3, 0.4) is 0 Å². The zero-order valence-electron chi connectivity index (χ0n) is 17.0. The van der Waals surface area contributed by atoms with Gasteiger partial charge in [0.1, 0.15) is 4.83 Å². The summed E-state index contributed by atoms with van der Waals surface area (Å²) in [6.45, 7) is 5.90. The number of nitrogens with zero attached hydrogens (tertiary/aromatic N) is 3. The number of aryl methyl sites for hydroxylation is 3. The normalized spacial score (nSPS) is 11.2. The fraction of sp³-hybridized carbons (Fsp3) is 0.238. The fourth-order valence-corrected chi connectivity index (χ4v) is 4.79. The van der Waals surface area contributed by atoms with Crippen molar-refractivity contribution in [1.82, 2.24) is 14.7 Å². The van der Waals surface area contributed by atoms with Gasteiger partial charge in [0.05, 0.1) is 16.8 Å². The number of carbonyl (C=O) groups is 1. The van der Waals surface area contributed by atoms with Gasteiger partial charge in [-0.15, -0.1) is 11.3 Å². The molecule has 0 aliphatic heterocycles. The number of thiophene rings is 1. The summed E-state index contributed by atoms with van der Waals surface area (Å²) >= 11 is 2.64. The Balaban J connectivity index is 1.60. The van der Waals surface area contributed by atoms with Gasteiger partial charge in [0.15, 0.2) is 5.16 Å². The summed E-state index contributed by atoms with van der Waals surface area (Å²) in [6, 6.07) is 7.82. The standard InChI is InChI=1S/C21H20N4O3S2/c1-11-5-6-14(7-12(11)2)15-9-29-19-18(15)20(27)25(4)21(23-19)30-10-16(26)22-17-8-13(3)24-28-17/h5-9H,10H2,1-4H3,(H,22,26). The molecule has 0 unspecified atom stereocenters. The van der Waals surface area contributed by atoms with E-state index in [-0.39, 0.29) is 17.2 Å². The molecule has 4 rings (SSSR count). The highest BCUT2D eigenvalue weighted by atomic mass is 32.2. The number of fused-ring (bicyclic) bond motifs is 1. The highest BCUT2D eigenvalue weighted by Gasteiger charge is 2.17. The van der Waals surface area contributed by atoms with E-state index in [1.165, 1.54) is 38.8 Å². The Morgan fingerprint density at radius 1 is 1.23 bits per heavy atom. The summed E-state index contributed by atoms with van der Waals surface area (Å²) in [7, 11) is 1.68. The molecule has 0 radical (unpaired) electrons. The molecule has 30 heavy (non-hydrogen) atoms. The summed E-state index contributed by atoms with van der Waals surface area (Å²) in [5.41, 5.74) is 4.85. The second kappa shape index (κ2) is 8.08. The molecular formula is C21H20N4O3S2. The maximum absolute atomic E-state index is 13.1. The molecule has 0 aliphatic rings. The van der Waals surface area contributed by atoms with Crippen LogP contribution in [-0.2, 0) is 11.8 Å². The van der Waals surface area contributed by atoms with E-state index in [4.69, 9.17) is 4.52 Å². The number of benzene rings is 1. The maximum Gasteiger partial charge on any atom is 0.263 e. The van der Waals surface area contributed by atoms with Crippen LogP contribution < -0.4 is 10.9 Å². The molecule has 0 atom stereocenters. The van der Waals surface area contributed by atoms with Crippen LogP contribution in [0.15, 0.2) is 44.1 Å². The highest BCUT2D eigenvalue weighted by Crippen LogP contribution is 2.33. The van der Waals surface area contributed by atoms with Crippen molar-refractivity contribution in [3.8, 4) is 11.1 Å². The van der Waals surface area contributed by atoms with Gasteiger partial charge in [-0.1, -0.05) is 35.1 Å². The first kappa shape index (κ1) is 20.4. The largest absolute Gasteiger partial charge is 0.338 e. The van der Waals surface area contributed by atoms with Crippen molar-refractivity contribution in [3.05, 3.63) is 56.8 Å². The quantitative estimate of drug-likeness (QED) is 0.367. The summed E-state index contributed by atoms with van der Waals surface area (Å²) in [5.74, 6) is 0.139. The first-order chi connectivity index (χ1) is 14.3. The molecule has 1 aromatic carbocycles. The molecule has 3 heterocycles. The number of hydrogen-bond donors (Lipinski definition) is 1. The van der Waals surface area contributed by atoms with Gasteiger partial charge >= 0.3 is 0 Å². The zero-order valence-corrected chi connectivity index (χ0v) is 18.6. The Bertz CT molecular complexity index is 1320. The van der Waals surface area contributed by atoms with Gasteiger partial charge < -0.3 is 4.52 Å². The van der Waals surface area contributed by atoms with E-state index >= 15 is 0 Å². The van der Waals surface area contributed by atoms with Gasteiger partial charge in [0.2, 0.25) is 11.8 Å². The summed E-state index contributed by atoms with van der Waals surface area (Å²) in [4.78, 5) is 30.6. The molecule has 1 N–H and O–H groups in total. The van der Waals surface area contributed by atoms with E-state index in [0.717, 1.165) is 11.1 Å². The second-order valence-corrected chi connectivity index (χ2v) is 8.86. The lowest BCUT2D eigenvalue weighted by atomic mass is 10.0. The lowest BCUT2D eigenvalue weighted by Gasteiger charge is -2.08. The third-order valence-corrected chi connectivity index (χ3v) is 6.72. The Hall–Kier alpha value is -2.91. The first-order valence-electron chi connectivity index (χ1n) is 9.25. The van der Waals surface area contributed by atoms with Crippen LogP contribution in [0, 0.1) is 20.8 Å². The Morgan fingerprint density at radius 3 is 2.73 bits per heavy atom. The highest BCUT2D eigenvalue weighted by molar-refractivity contribution is 7.99. The number of hydrogen-bond acceptors (Lipinski definition) is 7. The minimum Gasteiger partial charge on any atom is -0.338 e. The van der Waals surface area contributed by atoms with Crippen molar-refractivity contribution in [2.45, 2.75) is 25.9 Å². The molecular weight excluding hydrogens is 420 g/mol. The molecule has 9 heteroatoms. The third kappa shape index (κ3) is 3.90. The lowest BCUT2D eigenvalue weighted by Crippen LogP contribution is -2.21. The van der Waals surface area contributed by atoms with Crippen LogP contribution >= 0.6 is 23.1 Å². The van der Waals surface area contributed by atoms with Crippen LogP contribution in [-0.4, -0.2) is 26.4 Å². The molecule has 3 aromatic heterocycles. The van der Waals surface area contributed by atoms with Gasteiger partial charge in [0.25, 0.3) is 5.56 Å². The van der Waals surface area contributed by atoms with E-state index < -0.39 is 0 Å². The smallest absolute Gasteiger partial charge is 0.263 e. The first-order valence-corrected chi connectivity index (χ1v) is 11.1. The van der Waals surface area contributed by atoms with Crippen LogP contribution in [0.5, 0.6) is 0 Å². The molecule has 0 saturated carbocycles. The molecule has 154 valence electrons. The van der Waals surface area contributed by atoms with Gasteiger partial charge in [-0.05, 0) is 37.5 Å². The summed E-state index contributed by atoms with van der Waals surface area (Å²) in [5, 5.41) is 9.44. The molecule has 7 nitrogen and oxygen atoms in total. The average molecular weight is 441 g/mol. The van der Waals surface area contributed by atoms with E-state index in [1.54, 1.807) is 20.0 Å².